The second kappa shape index (κ2) is 4.20. The molecule has 0 aliphatic carbocycles. The van der Waals surface area contributed by atoms with Gasteiger partial charge in [0, 0.05) is 17.3 Å². The highest BCUT2D eigenvalue weighted by molar-refractivity contribution is 5.79. The molecule has 2 rings (SSSR count). The van der Waals surface area contributed by atoms with Gasteiger partial charge in [0.1, 0.15) is 0 Å². The number of pyridine rings is 2. The van der Waals surface area contributed by atoms with Crippen LogP contribution in [-0.4, -0.2) is 9.97 Å². The Hall–Kier alpha value is -1.44. The minimum absolute atomic E-state index is 0.448. The first-order chi connectivity index (χ1) is 7.59. The van der Waals surface area contributed by atoms with Crippen molar-refractivity contribution in [1.29, 1.82) is 0 Å². The van der Waals surface area contributed by atoms with Gasteiger partial charge in [-0.05, 0) is 35.6 Å². The van der Waals surface area contributed by atoms with Gasteiger partial charge in [-0.2, -0.15) is 0 Å². The Balaban J connectivity index is 2.74. The van der Waals surface area contributed by atoms with Gasteiger partial charge in [0.05, 0.1) is 0 Å². The van der Waals surface area contributed by atoms with Gasteiger partial charge < -0.3 is 0 Å². The fourth-order valence-corrected chi connectivity index (χ4v) is 1.88. The SMILES string of the molecule is CC(C)c1cc(C(C)C)c2cccnc2n1. The summed E-state index contributed by atoms with van der Waals surface area (Å²) in [6, 6.07) is 6.30. The van der Waals surface area contributed by atoms with Crippen LogP contribution >= 0.6 is 0 Å². The van der Waals surface area contributed by atoms with Crippen LogP contribution in [0.3, 0.4) is 0 Å². The fourth-order valence-electron chi connectivity index (χ4n) is 1.88. The van der Waals surface area contributed by atoms with Crippen LogP contribution in [0.1, 0.15) is 50.8 Å². The minimum atomic E-state index is 0.448. The van der Waals surface area contributed by atoms with Crippen LogP contribution in [0, 0.1) is 0 Å². The molecule has 0 atom stereocenters. The zero-order chi connectivity index (χ0) is 11.7. The summed E-state index contributed by atoms with van der Waals surface area (Å²) >= 11 is 0. The van der Waals surface area contributed by atoms with Crippen LogP contribution in [0.25, 0.3) is 11.0 Å². The highest BCUT2D eigenvalue weighted by atomic mass is 14.8. The smallest absolute Gasteiger partial charge is 0.159 e. The average Bonchev–Trinajstić information content (AvgIpc) is 2.27. The molecule has 0 amide bonds. The lowest BCUT2D eigenvalue weighted by molar-refractivity contribution is 0.809. The molecule has 16 heavy (non-hydrogen) atoms. The Morgan fingerprint density at radius 1 is 1.06 bits per heavy atom. The van der Waals surface area contributed by atoms with Crippen LogP contribution < -0.4 is 0 Å². The molecule has 0 bridgehead atoms. The van der Waals surface area contributed by atoms with Gasteiger partial charge in [-0.15, -0.1) is 0 Å². The summed E-state index contributed by atoms with van der Waals surface area (Å²) in [5.74, 6) is 0.955. The first-order valence-corrected chi connectivity index (χ1v) is 5.85. The number of hydrogen-bond donors (Lipinski definition) is 0. The first kappa shape index (κ1) is 11.1. The number of nitrogens with zero attached hydrogens (tertiary/aromatic N) is 2. The Labute approximate surface area is 96.7 Å². The predicted octanol–water partition coefficient (Wildman–Crippen LogP) is 3.88. The molecule has 0 aromatic carbocycles. The van der Waals surface area contributed by atoms with Crippen molar-refractivity contribution in [3.05, 3.63) is 35.7 Å². The zero-order valence-corrected chi connectivity index (χ0v) is 10.4. The third-order valence-electron chi connectivity index (χ3n) is 2.85. The summed E-state index contributed by atoms with van der Waals surface area (Å²) in [6.07, 6.45) is 1.81. The summed E-state index contributed by atoms with van der Waals surface area (Å²) in [6.45, 7) is 8.76. The highest BCUT2D eigenvalue weighted by Gasteiger charge is 2.11. The summed E-state index contributed by atoms with van der Waals surface area (Å²) in [5.41, 5.74) is 3.36. The average molecular weight is 214 g/mol. The molecule has 84 valence electrons. The lowest BCUT2D eigenvalue weighted by Crippen LogP contribution is -1.99. The molecule has 0 saturated carbocycles. The van der Waals surface area contributed by atoms with Gasteiger partial charge in [-0.25, -0.2) is 9.97 Å². The van der Waals surface area contributed by atoms with Crippen molar-refractivity contribution in [3.63, 3.8) is 0 Å². The Bertz CT molecular complexity index is 501. The summed E-state index contributed by atoms with van der Waals surface area (Å²) in [4.78, 5) is 8.96. The summed E-state index contributed by atoms with van der Waals surface area (Å²) in [5, 5.41) is 1.18. The summed E-state index contributed by atoms with van der Waals surface area (Å²) in [7, 11) is 0. The van der Waals surface area contributed by atoms with Gasteiger partial charge in [-0.1, -0.05) is 27.7 Å². The van der Waals surface area contributed by atoms with Crippen molar-refractivity contribution in [3.8, 4) is 0 Å². The van der Waals surface area contributed by atoms with Crippen LogP contribution in [0.5, 0.6) is 0 Å². The lowest BCUT2D eigenvalue weighted by Gasteiger charge is -2.13. The topological polar surface area (TPSA) is 25.8 Å². The van der Waals surface area contributed by atoms with E-state index in [-0.39, 0.29) is 0 Å². The van der Waals surface area contributed by atoms with Crippen molar-refractivity contribution >= 4 is 11.0 Å². The number of hydrogen-bond acceptors (Lipinski definition) is 2. The lowest BCUT2D eigenvalue weighted by atomic mass is 9.97. The third kappa shape index (κ3) is 1.92. The quantitative estimate of drug-likeness (QED) is 0.758. The molecule has 0 saturated heterocycles. The molecule has 2 nitrogen and oxygen atoms in total. The molecule has 0 fully saturated rings. The van der Waals surface area contributed by atoms with Gasteiger partial charge in [0.25, 0.3) is 0 Å². The van der Waals surface area contributed by atoms with E-state index >= 15 is 0 Å². The molecule has 2 heterocycles. The summed E-state index contributed by atoms with van der Waals surface area (Å²) < 4.78 is 0. The maximum atomic E-state index is 4.61. The first-order valence-electron chi connectivity index (χ1n) is 5.85. The second-order valence-corrected chi connectivity index (χ2v) is 4.82. The third-order valence-corrected chi connectivity index (χ3v) is 2.85. The van der Waals surface area contributed by atoms with E-state index in [0.29, 0.717) is 11.8 Å². The van der Waals surface area contributed by atoms with E-state index in [1.165, 1.54) is 10.9 Å². The van der Waals surface area contributed by atoms with E-state index in [0.717, 1.165) is 11.3 Å². The van der Waals surface area contributed by atoms with E-state index in [4.69, 9.17) is 0 Å². The maximum Gasteiger partial charge on any atom is 0.159 e. The fraction of sp³-hybridized carbons (Fsp3) is 0.429. The van der Waals surface area contributed by atoms with E-state index < -0.39 is 0 Å². The molecule has 0 spiro atoms. The van der Waals surface area contributed by atoms with Gasteiger partial charge in [0.2, 0.25) is 0 Å². The number of fused-ring (bicyclic) bond motifs is 1. The zero-order valence-electron chi connectivity index (χ0n) is 10.4. The maximum absolute atomic E-state index is 4.61. The highest BCUT2D eigenvalue weighted by Crippen LogP contribution is 2.26. The normalized spacial score (nSPS) is 11.6. The molecule has 0 aliphatic rings. The van der Waals surface area contributed by atoms with Crippen LogP contribution in [0.4, 0.5) is 0 Å². The molecule has 2 aromatic heterocycles. The van der Waals surface area contributed by atoms with Crippen molar-refractivity contribution in [1.82, 2.24) is 9.97 Å². The molecule has 2 aromatic rings. The largest absolute Gasteiger partial charge is 0.237 e. The van der Waals surface area contributed by atoms with Gasteiger partial charge >= 0.3 is 0 Å². The molecule has 0 unspecified atom stereocenters. The number of aromatic nitrogens is 2. The molecule has 0 N–H and O–H groups in total. The Morgan fingerprint density at radius 2 is 1.81 bits per heavy atom. The van der Waals surface area contributed by atoms with Crippen LogP contribution in [0.2, 0.25) is 0 Å². The van der Waals surface area contributed by atoms with E-state index in [1.54, 1.807) is 0 Å². The molecular formula is C14H18N2. The molecular weight excluding hydrogens is 196 g/mol. The van der Waals surface area contributed by atoms with Crippen molar-refractivity contribution < 1.29 is 0 Å². The second-order valence-electron chi connectivity index (χ2n) is 4.82. The Kier molecular flexibility index (Phi) is 2.90. The van der Waals surface area contributed by atoms with Gasteiger partial charge in [0.15, 0.2) is 5.65 Å². The van der Waals surface area contributed by atoms with E-state index in [2.05, 4.69) is 49.8 Å². The molecule has 0 aliphatic heterocycles. The van der Waals surface area contributed by atoms with Gasteiger partial charge in [-0.3, -0.25) is 0 Å². The standard InChI is InChI=1S/C14H18N2/c1-9(2)12-8-13(10(3)4)16-14-11(12)6-5-7-15-14/h5-10H,1-4H3. The molecule has 0 radical (unpaired) electrons. The number of rotatable bonds is 2. The van der Waals surface area contributed by atoms with Crippen molar-refractivity contribution in [2.45, 2.75) is 39.5 Å². The van der Waals surface area contributed by atoms with Crippen molar-refractivity contribution in [2.75, 3.05) is 0 Å². The van der Waals surface area contributed by atoms with Crippen LogP contribution in [-0.2, 0) is 0 Å². The van der Waals surface area contributed by atoms with E-state index in [9.17, 15) is 0 Å². The van der Waals surface area contributed by atoms with E-state index in [1.807, 2.05) is 12.3 Å². The van der Waals surface area contributed by atoms with Crippen molar-refractivity contribution in [2.24, 2.45) is 0 Å². The Morgan fingerprint density at radius 3 is 2.44 bits per heavy atom. The monoisotopic (exact) mass is 214 g/mol. The molecule has 2 heteroatoms. The minimum Gasteiger partial charge on any atom is -0.237 e. The van der Waals surface area contributed by atoms with Crippen LogP contribution in [0.15, 0.2) is 24.4 Å². The predicted molar refractivity (Wildman–Crippen MR) is 67.7 cm³/mol.